The van der Waals surface area contributed by atoms with Crippen LogP contribution in [-0.4, -0.2) is 80.1 Å². The molecule has 1 aliphatic rings. The van der Waals surface area contributed by atoms with Crippen LogP contribution in [0.4, 0.5) is 4.79 Å². The van der Waals surface area contributed by atoms with Gasteiger partial charge in [-0.15, -0.1) is 0 Å². The Balaban J connectivity index is 2.12. The number of piperidine rings is 1. The lowest BCUT2D eigenvalue weighted by Crippen LogP contribution is -2.48. The zero-order chi connectivity index (χ0) is 15.0. The molecule has 5 heteroatoms. The third-order valence-corrected chi connectivity index (χ3v) is 4.13. The first kappa shape index (κ1) is 17.2. The summed E-state index contributed by atoms with van der Waals surface area (Å²) in [6, 6.07) is 0.725. The fraction of sp³-hybridized carbons (Fsp3) is 0.933. The van der Waals surface area contributed by atoms with Gasteiger partial charge in [-0.2, -0.15) is 0 Å². The molecule has 2 amide bonds. The van der Waals surface area contributed by atoms with Crippen molar-refractivity contribution >= 4 is 6.03 Å². The third-order valence-electron chi connectivity index (χ3n) is 4.13. The molecule has 1 aliphatic heterocycles. The minimum absolute atomic E-state index is 0.144. The Morgan fingerprint density at radius 2 is 1.80 bits per heavy atom. The highest BCUT2D eigenvalue weighted by Crippen LogP contribution is 2.11. The van der Waals surface area contributed by atoms with Crippen LogP contribution in [0, 0.1) is 0 Å². The van der Waals surface area contributed by atoms with Gasteiger partial charge >= 0.3 is 6.03 Å². The predicted molar refractivity (Wildman–Crippen MR) is 84.1 cm³/mol. The first-order chi connectivity index (χ1) is 9.58. The summed E-state index contributed by atoms with van der Waals surface area (Å²) in [6.07, 6.45) is 3.36. The van der Waals surface area contributed by atoms with Crippen molar-refractivity contribution < 1.29 is 4.79 Å². The fourth-order valence-corrected chi connectivity index (χ4v) is 2.71. The Hall–Kier alpha value is -0.810. The molecule has 20 heavy (non-hydrogen) atoms. The van der Waals surface area contributed by atoms with Gasteiger partial charge in [0.15, 0.2) is 0 Å². The van der Waals surface area contributed by atoms with E-state index in [1.54, 1.807) is 4.90 Å². The molecule has 1 rings (SSSR count). The summed E-state index contributed by atoms with van der Waals surface area (Å²) in [6.45, 7) is 10.7. The summed E-state index contributed by atoms with van der Waals surface area (Å²) < 4.78 is 0. The monoisotopic (exact) mass is 284 g/mol. The number of rotatable bonds is 7. The van der Waals surface area contributed by atoms with Crippen LogP contribution in [0.15, 0.2) is 0 Å². The number of amides is 2. The summed E-state index contributed by atoms with van der Waals surface area (Å²) in [5.41, 5.74) is 0. The van der Waals surface area contributed by atoms with Crippen LogP contribution in [0.3, 0.4) is 0 Å². The third kappa shape index (κ3) is 5.67. The smallest absolute Gasteiger partial charge is 0.319 e. The molecule has 0 aromatic heterocycles. The van der Waals surface area contributed by atoms with E-state index in [2.05, 4.69) is 24.1 Å². The maximum atomic E-state index is 11.8. The highest BCUT2D eigenvalue weighted by atomic mass is 16.2. The van der Waals surface area contributed by atoms with E-state index in [1.165, 1.54) is 13.0 Å². The van der Waals surface area contributed by atoms with Crippen molar-refractivity contribution in [2.24, 2.45) is 0 Å². The minimum Gasteiger partial charge on any atom is -0.331 e. The number of nitrogens with zero attached hydrogens (tertiary/aromatic N) is 3. The van der Waals surface area contributed by atoms with E-state index in [0.29, 0.717) is 6.04 Å². The molecule has 1 N–H and O–H groups in total. The van der Waals surface area contributed by atoms with Crippen LogP contribution in [0.2, 0.25) is 0 Å². The van der Waals surface area contributed by atoms with E-state index in [1.807, 2.05) is 19.0 Å². The molecule has 118 valence electrons. The van der Waals surface area contributed by atoms with Gasteiger partial charge in [-0.05, 0) is 45.4 Å². The summed E-state index contributed by atoms with van der Waals surface area (Å²) in [4.78, 5) is 17.9. The summed E-state index contributed by atoms with van der Waals surface area (Å²) in [5.74, 6) is 0. The van der Waals surface area contributed by atoms with E-state index in [4.69, 9.17) is 0 Å². The Morgan fingerprint density at radius 1 is 1.20 bits per heavy atom. The number of likely N-dealkylation sites (tertiary alicyclic amines) is 1. The van der Waals surface area contributed by atoms with Crippen molar-refractivity contribution in [2.45, 2.75) is 39.2 Å². The molecule has 0 radical (unpaired) electrons. The van der Waals surface area contributed by atoms with Crippen LogP contribution in [0.1, 0.15) is 33.1 Å². The van der Waals surface area contributed by atoms with Crippen LogP contribution in [0.25, 0.3) is 0 Å². The van der Waals surface area contributed by atoms with Crippen molar-refractivity contribution in [3.8, 4) is 0 Å². The van der Waals surface area contributed by atoms with Gasteiger partial charge in [-0.1, -0.05) is 13.8 Å². The second-order valence-electron chi connectivity index (χ2n) is 5.77. The lowest BCUT2D eigenvalue weighted by Gasteiger charge is -2.34. The van der Waals surface area contributed by atoms with Gasteiger partial charge in [-0.3, -0.25) is 0 Å². The average molecular weight is 284 g/mol. The van der Waals surface area contributed by atoms with Crippen molar-refractivity contribution in [3.63, 3.8) is 0 Å². The number of hydrogen-bond acceptors (Lipinski definition) is 3. The maximum Gasteiger partial charge on any atom is 0.319 e. The van der Waals surface area contributed by atoms with E-state index in [-0.39, 0.29) is 6.03 Å². The first-order valence-electron chi connectivity index (χ1n) is 8.00. The van der Waals surface area contributed by atoms with E-state index >= 15 is 0 Å². The second kappa shape index (κ2) is 9.19. The lowest BCUT2D eigenvalue weighted by molar-refractivity contribution is 0.152. The van der Waals surface area contributed by atoms with E-state index in [9.17, 15) is 4.79 Å². The molecule has 0 unspecified atom stereocenters. The quantitative estimate of drug-likeness (QED) is 0.719. The molecule has 1 saturated heterocycles. The molecular formula is C15H32N4O. The predicted octanol–water partition coefficient (Wildman–Crippen LogP) is 1.45. The van der Waals surface area contributed by atoms with Crippen molar-refractivity contribution in [1.82, 2.24) is 20.0 Å². The highest BCUT2D eigenvalue weighted by molar-refractivity contribution is 5.73. The van der Waals surface area contributed by atoms with E-state index in [0.717, 1.165) is 45.6 Å². The Kier molecular flexibility index (Phi) is 7.92. The molecular weight excluding hydrogens is 252 g/mol. The van der Waals surface area contributed by atoms with Gasteiger partial charge in [-0.25, -0.2) is 4.79 Å². The van der Waals surface area contributed by atoms with Gasteiger partial charge in [0, 0.05) is 33.2 Å². The van der Waals surface area contributed by atoms with Crippen LogP contribution in [-0.2, 0) is 0 Å². The topological polar surface area (TPSA) is 38.8 Å². The lowest BCUT2D eigenvalue weighted by atomic mass is 10.1. The zero-order valence-corrected chi connectivity index (χ0v) is 13.7. The number of nitrogens with one attached hydrogen (secondary N) is 1. The standard InChI is InChI=1S/C15H32N4O/c1-5-18(6-2)11-7-10-16-14-8-12-19(13-9-14)15(20)17(3)4/h14,16H,5-13H2,1-4H3. The van der Waals surface area contributed by atoms with Gasteiger partial charge in [0.25, 0.3) is 0 Å². The molecule has 0 saturated carbocycles. The SMILES string of the molecule is CCN(CC)CCCNC1CCN(C(=O)N(C)C)CC1. The van der Waals surface area contributed by atoms with Crippen molar-refractivity contribution in [2.75, 3.05) is 53.4 Å². The van der Waals surface area contributed by atoms with Crippen molar-refractivity contribution in [1.29, 1.82) is 0 Å². The van der Waals surface area contributed by atoms with Crippen LogP contribution >= 0.6 is 0 Å². The minimum atomic E-state index is 0.144. The zero-order valence-electron chi connectivity index (χ0n) is 13.7. The molecule has 0 bridgehead atoms. The molecule has 0 aromatic carbocycles. The Labute approximate surface area is 124 Å². The second-order valence-corrected chi connectivity index (χ2v) is 5.77. The number of carbonyl (C=O) groups excluding carboxylic acids is 1. The van der Waals surface area contributed by atoms with Crippen molar-refractivity contribution in [3.05, 3.63) is 0 Å². The molecule has 0 spiro atoms. The number of urea groups is 1. The normalized spacial score (nSPS) is 16.8. The largest absolute Gasteiger partial charge is 0.331 e. The summed E-state index contributed by atoms with van der Waals surface area (Å²) in [5, 5.41) is 3.64. The van der Waals surface area contributed by atoms with Gasteiger partial charge in [0.2, 0.25) is 0 Å². The van der Waals surface area contributed by atoms with Gasteiger partial charge in [0.1, 0.15) is 0 Å². The number of carbonyl (C=O) groups is 1. The molecule has 0 aliphatic carbocycles. The van der Waals surface area contributed by atoms with Gasteiger partial charge < -0.3 is 20.0 Å². The molecule has 1 heterocycles. The Bertz CT molecular complexity index is 271. The Morgan fingerprint density at radius 3 is 2.30 bits per heavy atom. The molecule has 1 fully saturated rings. The van der Waals surface area contributed by atoms with E-state index < -0.39 is 0 Å². The fourth-order valence-electron chi connectivity index (χ4n) is 2.71. The number of hydrogen-bond donors (Lipinski definition) is 1. The van der Waals surface area contributed by atoms with Crippen LogP contribution in [0.5, 0.6) is 0 Å². The van der Waals surface area contributed by atoms with Crippen LogP contribution < -0.4 is 5.32 Å². The summed E-state index contributed by atoms with van der Waals surface area (Å²) >= 11 is 0. The molecule has 0 aromatic rings. The first-order valence-corrected chi connectivity index (χ1v) is 8.00. The maximum absolute atomic E-state index is 11.8. The highest BCUT2D eigenvalue weighted by Gasteiger charge is 2.23. The average Bonchev–Trinajstić information content (AvgIpc) is 2.47. The molecule has 0 atom stereocenters. The summed E-state index contributed by atoms with van der Waals surface area (Å²) in [7, 11) is 3.64. The van der Waals surface area contributed by atoms with Gasteiger partial charge in [0.05, 0.1) is 0 Å². The molecule has 5 nitrogen and oxygen atoms in total.